The summed E-state index contributed by atoms with van der Waals surface area (Å²) in [5.74, 6) is -0.873. The number of unbranched alkanes of at least 4 members (excludes halogenated alkanes) is 37. The van der Waals surface area contributed by atoms with E-state index in [0.717, 1.165) is 77.0 Å². The second-order valence-electron chi connectivity index (χ2n) is 19.9. The van der Waals surface area contributed by atoms with E-state index in [-0.39, 0.29) is 31.1 Å². The first-order valence-corrected chi connectivity index (χ1v) is 29.5. The predicted molar refractivity (Wildman–Crippen MR) is 289 cm³/mol. The van der Waals surface area contributed by atoms with E-state index in [9.17, 15) is 14.4 Å². The molecule has 0 rings (SSSR count). The van der Waals surface area contributed by atoms with Crippen LogP contribution in [0, 0.1) is 0 Å². The Morgan fingerprint density at radius 2 is 0.537 bits per heavy atom. The molecule has 0 aromatic carbocycles. The summed E-state index contributed by atoms with van der Waals surface area (Å²) < 4.78 is 16.9. The Morgan fingerprint density at radius 3 is 0.881 bits per heavy atom. The monoisotopic (exact) mass is 941 g/mol. The van der Waals surface area contributed by atoms with Gasteiger partial charge < -0.3 is 14.2 Å². The summed E-state index contributed by atoms with van der Waals surface area (Å²) in [6, 6.07) is 0. The van der Waals surface area contributed by atoms with E-state index in [0.29, 0.717) is 19.3 Å². The molecule has 0 heterocycles. The number of carbonyl (C=O) groups is 3. The minimum absolute atomic E-state index is 0.0743. The van der Waals surface area contributed by atoms with Crippen LogP contribution in [0.25, 0.3) is 0 Å². The molecule has 0 bridgehead atoms. The molecule has 0 aromatic heterocycles. The molecule has 0 saturated carbocycles. The largest absolute Gasteiger partial charge is 0.462 e. The average molecular weight is 942 g/mol. The highest BCUT2D eigenvalue weighted by atomic mass is 16.6. The van der Waals surface area contributed by atoms with Crippen LogP contribution in [0.4, 0.5) is 0 Å². The molecule has 0 aliphatic heterocycles. The molecule has 0 radical (unpaired) electrons. The van der Waals surface area contributed by atoms with Crippen molar-refractivity contribution in [3.8, 4) is 0 Å². The van der Waals surface area contributed by atoms with Gasteiger partial charge in [0.25, 0.3) is 0 Å². The van der Waals surface area contributed by atoms with Gasteiger partial charge in [0.15, 0.2) is 6.10 Å². The molecule has 0 aliphatic carbocycles. The molecule has 0 aromatic rings. The van der Waals surface area contributed by atoms with Crippen molar-refractivity contribution in [1.29, 1.82) is 0 Å². The molecule has 0 saturated heterocycles. The normalized spacial score (nSPS) is 12.2. The lowest BCUT2D eigenvalue weighted by Crippen LogP contribution is -2.30. The van der Waals surface area contributed by atoms with Gasteiger partial charge in [0.1, 0.15) is 13.2 Å². The van der Waals surface area contributed by atoms with E-state index in [4.69, 9.17) is 14.2 Å². The van der Waals surface area contributed by atoms with Crippen LogP contribution in [0.15, 0.2) is 36.5 Å². The number of ether oxygens (including phenoxy) is 3. The van der Waals surface area contributed by atoms with Gasteiger partial charge in [-0.05, 0) is 77.0 Å². The van der Waals surface area contributed by atoms with Gasteiger partial charge >= 0.3 is 17.9 Å². The number of hydrogen-bond donors (Lipinski definition) is 0. The SMILES string of the molecule is CCCCC/C=C/C/C=C/CCCCCCCCCC(=O)O[C@H](COC(=O)CCCCCCC/C=C/CCCCCC)COC(=O)CCCCCCCCCCCCCCCCCCCCC. The van der Waals surface area contributed by atoms with Crippen LogP contribution < -0.4 is 0 Å². The Bertz CT molecular complexity index is 1130. The number of hydrogen-bond acceptors (Lipinski definition) is 6. The van der Waals surface area contributed by atoms with Crippen molar-refractivity contribution in [3.63, 3.8) is 0 Å². The zero-order valence-corrected chi connectivity index (χ0v) is 44.9. The molecule has 0 amide bonds. The first-order valence-electron chi connectivity index (χ1n) is 29.5. The molecule has 6 nitrogen and oxygen atoms in total. The molecule has 0 unspecified atom stereocenters. The number of rotatable bonds is 54. The molecular formula is C61H112O6. The Labute approximate surface area is 416 Å². The minimum atomic E-state index is -0.777. The Balaban J connectivity index is 4.33. The van der Waals surface area contributed by atoms with Gasteiger partial charge in [-0.25, -0.2) is 0 Å². The van der Waals surface area contributed by atoms with E-state index in [2.05, 4.69) is 57.2 Å². The summed E-state index contributed by atoms with van der Waals surface area (Å²) in [4.78, 5) is 38.2. The van der Waals surface area contributed by atoms with Crippen molar-refractivity contribution < 1.29 is 28.6 Å². The second-order valence-corrected chi connectivity index (χ2v) is 19.9. The summed E-state index contributed by atoms with van der Waals surface area (Å²) in [5, 5.41) is 0. The molecule has 6 heteroatoms. The van der Waals surface area contributed by atoms with Crippen LogP contribution in [-0.4, -0.2) is 37.2 Å². The summed E-state index contributed by atoms with van der Waals surface area (Å²) in [6.45, 7) is 6.63. The highest BCUT2D eigenvalue weighted by Gasteiger charge is 2.19. The van der Waals surface area contributed by atoms with Gasteiger partial charge in [0, 0.05) is 19.3 Å². The van der Waals surface area contributed by atoms with Crippen LogP contribution in [0.5, 0.6) is 0 Å². The Morgan fingerprint density at radius 1 is 0.299 bits per heavy atom. The van der Waals surface area contributed by atoms with Crippen molar-refractivity contribution in [2.45, 2.75) is 322 Å². The predicted octanol–water partition coefficient (Wildman–Crippen LogP) is 19.7. The maximum atomic E-state index is 12.9. The van der Waals surface area contributed by atoms with Gasteiger partial charge in [0.2, 0.25) is 0 Å². The second kappa shape index (κ2) is 56.2. The fraction of sp³-hybridized carbons (Fsp3) is 0.852. The molecule has 1 atom stereocenters. The van der Waals surface area contributed by atoms with Crippen molar-refractivity contribution in [2.75, 3.05) is 13.2 Å². The van der Waals surface area contributed by atoms with Gasteiger partial charge in [0.05, 0.1) is 0 Å². The Kier molecular flexibility index (Phi) is 54.2. The van der Waals surface area contributed by atoms with E-state index in [1.54, 1.807) is 0 Å². The first-order chi connectivity index (χ1) is 33.0. The van der Waals surface area contributed by atoms with Crippen LogP contribution in [0.2, 0.25) is 0 Å². The number of allylic oxidation sites excluding steroid dienone is 6. The van der Waals surface area contributed by atoms with Crippen molar-refractivity contribution in [3.05, 3.63) is 36.5 Å². The zero-order chi connectivity index (χ0) is 48.6. The zero-order valence-electron chi connectivity index (χ0n) is 44.9. The minimum Gasteiger partial charge on any atom is -0.462 e. The van der Waals surface area contributed by atoms with Crippen LogP contribution >= 0.6 is 0 Å². The van der Waals surface area contributed by atoms with Crippen LogP contribution in [-0.2, 0) is 28.6 Å². The maximum Gasteiger partial charge on any atom is 0.306 e. The van der Waals surface area contributed by atoms with Crippen molar-refractivity contribution in [2.24, 2.45) is 0 Å². The van der Waals surface area contributed by atoms with E-state index >= 15 is 0 Å². The fourth-order valence-electron chi connectivity index (χ4n) is 8.65. The standard InChI is InChI=1S/C61H112O6/c1-4-7-10-13-16-19-22-25-27-29-30-32-33-36-39-42-45-48-51-54-60(63)66-57-58(56-65-59(62)53-50-47-44-41-38-35-24-21-18-15-12-9-6-3)67-61(64)55-52-49-46-43-40-37-34-31-28-26-23-20-17-14-11-8-5-2/h17,20-21,24,26,28,58H,4-16,18-19,22-23,25,27,29-57H2,1-3H3/b20-17+,24-21+,28-26+/t58-/m1/s1. The van der Waals surface area contributed by atoms with Gasteiger partial charge in [-0.3, -0.25) is 14.4 Å². The van der Waals surface area contributed by atoms with Crippen LogP contribution in [0.1, 0.15) is 316 Å². The maximum absolute atomic E-state index is 12.9. The fourth-order valence-corrected chi connectivity index (χ4v) is 8.65. The molecule has 0 fully saturated rings. The molecule has 0 aliphatic rings. The highest BCUT2D eigenvalue weighted by Crippen LogP contribution is 2.17. The summed E-state index contributed by atoms with van der Waals surface area (Å²) in [6.07, 6.45) is 67.0. The lowest BCUT2D eigenvalue weighted by Gasteiger charge is -2.18. The molecular weight excluding hydrogens is 829 g/mol. The quantitative estimate of drug-likeness (QED) is 0.0262. The lowest BCUT2D eigenvalue weighted by atomic mass is 10.0. The van der Waals surface area contributed by atoms with E-state index in [1.807, 2.05) is 0 Å². The average Bonchev–Trinajstić information content (AvgIpc) is 3.33. The van der Waals surface area contributed by atoms with E-state index < -0.39 is 6.10 Å². The summed E-state index contributed by atoms with van der Waals surface area (Å²) in [7, 11) is 0. The van der Waals surface area contributed by atoms with Gasteiger partial charge in [-0.15, -0.1) is 0 Å². The summed E-state index contributed by atoms with van der Waals surface area (Å²) in [5.41, 5.74) is 0. The van der Waals surface area contributed by atoms with Crippen LogP contribution in [0.3, 0.4) is 0 Å². The summed E-state index contributed by atoms with van der Waals surface area (Å²) >= 11 is 0. The van der Waals surface area contributed by atoms with Crippen molar-refractivity contribution in [1.82, 2.24) is 0 Å². The van der Waals surface area contributed by atoms with Gasteiger partial charge in [-0.2, -0.15) is 0 Å². The van der Waals surface area contributed by atoms with Gasteiger partial charge in [-0.1, -0.05) is 256 Å². The molecule has 67 heavy (non-hydrogen) atoms. The van der Waals surface area contributed by atoms with E-state index in [1.165, 1.54) is 199 Å². The highest BCUT2D eigenvalue weighted by molar-refractivity contribution is 5.71. The van der Waals surface area contributed by atoms with Crippen molar-refractivity contribution >= 4 is 17.9 Å². The smallest absolute Gasteiger partial charge is 0.306 e. The topological polar surface area (TPSA) is 78.9 Å². The Hall–Kier alpha value is -2.37. The molecule has 0 N–H and O–H groups in total. The molecule has 392 valence electrons. The lowest BCUT2D eigenvalue weighted by molar-refractivity contribution is -0.167. The third-order valence-corrected chi connectivity index (χ3v) is 13.1. The number of carbonyl (C=O) groups excluding carboxylic acids is 3. The first kappa shape index (κ1) is 64.6. The number of esters is 3. The third-order valence-electron chi connectivity index (χ3n) is 13.1. The third kappa shape index (κ3) is 54.4. The molecule has 0 spiro atoms.